The van der Waals surface area contributed by atoms with Gasteiger partial charge in [0.15, 0.2) is 0 Å². The van der Waals surface area contributed by atoms with Crippen LogP contribution in [0.4, 0.5) is 0 Å². The summed E-state index contributed by atoms with van der Waals surface area (Å²) >= 11 is 0. The SMILES string of the molecule is OB(O)c1cncc(-c2nnco2)c1. The zero-order valence-corrected chi connectivity index (χ0v) is 7.03. The summed E-state index contributed by atoms with van der Waals surface area (Å²) in [4.78, 5) is 3.81. The highest BCUT2D eigenvalue weighted by molar-refractivity contribution is 6.58. The first-order chi connectivity index (χ1) is 6.77. The van der Waals surface area contributed by atoms with Crippen LogP contribution in [0.15, 0.2) is 29.3 Å². The van der Waals surface area contributed by atoms with Crippen molar-refractivity contribution in [2.75, 3.05) is 0 Å². The van der Waals surface area contributed by atoms with Crippen molar-refractivity contribution in [2.45, 2.75) is 0 Å². The van der Waals surface area contributed by atoms with Gasteiger partial charge < -0.3 is 14.5 Å². The van der Waals surface area contributed by atoms with Crippen LogP contribution in [0, 0.1) is 0 Å². The summed E-state index contributed by atoms with van der Waals surface area (Å²) in [5, 5.41) is 25.0. The molecule has 0 fully saturated rings. The highest BCUT2D eigenvalue weighted by Crippen LogP contribution is 2.12. The van der Waals surface area contributed by atoms with Crippen molar-refractivity contribution >= 4 is 12.6 Å². The summed E-state index contributed by atoms with van der Waals surface area (Å²) in [6, 6.07) is 1.52. The van der Waals surface area contributed by atoms with Crippen molar-refractivity contribution in [3.05, 3.63) is 24.9 Å². The Hall–Kier alpha value is -1.73. The fourth-order valence-electron chi connectivity index (χ4n) is 1.01. The first-order valence-corrected chi connectivity index (χ1v) is 3.85. The van der Waals surface area contributed by atoms with Gasteiger partial charge in [0.05, 0.1) is 5.56 Å². The summed E-state index contributed by atoms with van der Waals surface area (Å²) in [6.07, 6.45) is 4.04. The average Bonchev–Trinajstić information content (AvgIpc) is 2.71. The molecule has 7 heteroatoms. The van der Waals surface area contributed by atoms with E-state index in [-0.39, 0.29) is 5.46 Å². The quantitative estimate of drug-likeness (QED) is 0.579. The Labute approximate surface area is 79.4 Å². The second-order valence-corrected chi connectivity index (χ2v) is 2.62. The van der Waals surface area contributed by atoms with Crippen molar-refractivity contribution in [3.8, 4) is 11.5 Å². The van der Waals surface area contributed by atoms with E-state index in [1.165, 1.54) is 24.9 Å². The number of nitrogens with zero attached hydrogens (tertiary/aromatic N) is 3. The van der Waals surface area contributed by atoms with Crippen LogP contribution in [-0.2, 0) is 0 Å². The summed E-state index contributed by atoms with van der Waals surface area (Å²) in [5.74, 6) is 0.292. The number of hydrogen-bond donors (Lipinski definition) is 2. The minimum absolute atomic E-state index is 0.278. The Balaban J connectivity index is 2.41. The minimum atomic E-state index is -1.55. The van der Waals surface area contributed by atoms with E-state index in [1.807, 2.05) is 0 Å². The largest absolute Gasteiger partial charge is 0.490 e. The monoisotopic (exact) mass is 191 g/mol. The van der Waals surface area contributed by atoms with Crippen molar-refractivity contribution in [2.24, 2.45) is 0 Å². The van der Waals surface area contributed by atoms with Crippen molar-refractivity contribution in [3.63, 3.8) is 0 Å². The molecule has 0 spiro atoms. The summed E-state index contributed by atoms with van der Waals surface area (Å²) < 4.78 is 4.93. The predicted molar refractivity (Wildman–Crippen MR) is 47.4 cm³/mol. The summed E-state index contributed by atoms with van der Waals surface area (Å²) in [6.45, 7) is 0. The van der Waals surface area contributed by atoms with E-state index in [0.717, 1.165) is 0 Å². The molecule has 0 radical (unpaired) electrons. The Kier molecular flexibility index (Phi) is 2.25. The molecule has 0 bridgehead atoms. The lowest BCUT2D eigenvalue weighted by Crippen LogP contribution is -2.30. The van der Waals surface area contributed by atoms with Gasteiger partial charge in [-0.3, -0.25) is 4.98 Å². The number of rotatable bonds is 2. The molecule has 0 aromatic carbocycles. The maximum atomic E-state index is 8.89. The van der Waals surface area contributed by atoms with Crippen LogP contribution < -0.4 is 5.46 Å². The van der Waals surface area contributed by atoms with E-state index in [0.29, 0.717) is 11.5 Å². The molecule has 0 amide bonds. The number of aromatic nitrogens is 3. The van der Waals surface area contributed by atoms with E-state index < -0.39 is 7.12 Å². The molecule has 2 aromatic rings. The van der Waals surface area contributed by atoms with Crippen molar-refractivity contribution in [1.29, 1.82) is 0 Å². The molecule has 14 heavy (non-hydrogen) atoms. The van der Waals surface area contributed by atoms with E-state index in [9.17, 15) is 0 Å². The lowest BCUT2D eigenvalue weighted by Gasteiger charge is -1.99. The molecule has 0 aliphatic rings. The smallest absolute Gasteiger partial charge is 0.423 e. The molecule has 2 aromatic heterocycles. The van der Waals surface area contributed by atoms with Crippen LogP contribution >= 0.6 is 0 Å². The topological polar surface area (TPSA) is 92.3 Å². The van der Waals surface area contributed by atoms with Crippen LogP contribution in [0.25, 0.3) is 11.5 Å². The standard InChI is InChI=1S/C7H6BN3O3/c12-8(13)6-1-5(2-9-3-6)7-11-10-4-14-7/h1-4,12-13H. The van der Waals surface area contributed by atoms with Gasteiger partial charge in [-0.2, -0.15) is 0 Å². The van der Waals surface area contributed by atoms with Crippen molar-refractivity contribution < 1.29 is 14.5 Å². The molecule has 2 N–H and O–H groups in total. The van der Waals surface area contributed by atoms with Gasteiger partial charge in [0.25, 0.3) is 0 Å². The van der Waals surface area contributed by atoms with Crippen LogP contribution in [0.3, 0.4) is 0 Å². The maximum absolute atomic E-state index is 8.89. The third-order valence-corrected chi connectivity index (χ3v) is 1.66. The van der Waals surface area contributed by atoms with E-state index in [4.69, 9.17) is 14.5 Å². The highest BCUT2D eigenvalue weighted by Gasteiger charge is 2.13. The van der Waals surface area contributed by atoms with Crippen LogP contribution in [0.5, 0.6) is 0 Å². The lowest BCUT2D eigenvalue weighted by atomic mass is 9.81. The number of hydrogen-bond acceptors (Lipinski definition) is 6. The minimum Gasteiger partial charge on any atom is -0.423 e. The zero-order chi connectivity index (χ0) is 9.97. The van der Waals surface area contributed by atoms with E-state index in [1.54, 1.807) is 0 Å². The normalized spacial score (nSPS) is 10.1. The van der Waals surface area contributed by atoms with Gasteiger partial charge in [0.2, 0.25) is 12.3 Å². The molecule has 0 atom stereocenters. The van der Waals surface area contributed by atoms with Gasteiger partial charge in [-0.25, -0.2) is 0 Å². The molecular weight excluding hydrogens is 185 g/mol. The Morgan fingerprint density at radius 1 is 1.29 bits per heavy atom. The predicted octanol–water partition coefficient (Wildman–Crippen LogP) is -1.19. The molecule has 0 aliphatic carbocycles. The molecule has 0 saturated carbocycles. The van der Waals surface area contributed by atoms with Crippen LogP contribution in [0.2, 0.25) is 0 Å². The lowest BCUT2D eigenvalue weighted by molar-refractivity contribution is 0.425. The van der Waals surface area contributed by atoms with Gasteiger partial charge in [0.1, 0.15) is 0 Å². The molecule has 2 heterocycles. The van der Waals surface area contributed by atoms with Crippen LogP contribution in [0.1, 0.15) is 0 Å². The van der Waals surface area contributed by atoms with Crippen LogP contribution in [-0.4, -0.2) is 32.3 Å². The summed E-state index contributed by atoms with van der Waals surface area (Å²) in [7, 11) is -1.55. The fourth-order valence-corrected chi connectivity index (χ4v) is 1.01. The molecule has 70 valence electrons. The molecular formula is C7H6BN3O3. The number of pyridine rings is 1. The van der Waals surface area contributed by atoms with E-state index >= 15 is 0 Å². The van der Waals surface area contributed by atoms with Gasteiger partial charge in [0, 0.05) is 17.9 Å². The second-order valence-electron chi connectivity index (χ2n) is 2.62. The third kappa shape index (κ3) is 1.63. The first kappa shape index (κ1) is 8.85. The fraction of sp³-hybridized carbons (Fsp3) is 0. The molecule has 0 unspecified atom stereocenters. The van der Waals surface area contributed by atoms with Gasteiger partial charge in [-0.15, -0.1) is 10.2 Å². The Morgan fingerprint density at radius 3 is 2.79 bits per heavy atom. The second kappa shape index (κ2) is 3.56. The highest BCUT2D eigenvalue weighted by atomic mass is 16.4. The maximum Gasteiger partial charge on any atom is 0.490 e. The van der Waals surface area contributed by atoms with E-state index in [2.05, 4.69) is 15.2 Å². The van der Waals surface area contributed by atoms with Crippen molar-refractivity contribution in [1.82, 2.24) is 15.2 Å². The summed E-state index contributed by atoms with van der Waals surface area (Å²) in [5.41, 5.74) is 0.828. The van der Waals surface area contributed by atoms with Gasteiger partial charge in [-0.05, 0) is 6.07 Å². The molecule has 0 saturated heterocycles. The first-order valence-electron chi connectivity index (χ1n) is 3.85. The Bertz CT molecular complexity index is 418. The van der Waals surface area contributed by atoms with Gasteiger partial charge >= 0.3 is 7.12 Å². The third-order valence-electron chi connectivity index (χ3n) is 1.66. The average molecular weight is 191 g/mol. The zero-order valence-electron chi connectivity index (χ0n) is 7.03. The van der Waals surface area contributed by atoms with Gasteiger partial charge in [-0.1, -0.05) is 0 Å². The molecule has 2 rings (SSSR count). The molecule has 6 nitrogen and oxygen atoms in total. The molecule has 0 aliphatic heterocycles. The Morgan fingerprint density at radius 2 is 2.14 bits per heavy atom.